The predicted molar refractivity (Wildman–Crippen MR) is 57.5 cm³/mol. The highest BCUT2D eigenvalue weighted by Gasteiger charge is 2.03. The molecule has 0 aliphatic rings. The average molecular weight is 175 g/mol. The van der Waals surface area contributed by atoms with Gasteiger partial charge >= 0.3 is 0 Å². The van der Waals surface area contributed by atoms with Crippen molar-refractivity contribution < 1.29 is 0 Å². The molecule has 0 saturated carbocycles. The standard InChI is InChI=1S/C12H17N/c1-3-4-8-12(13)11-7-5-6-10(2)9-11/h3,5-7,9,12H,1,4,8,13H2,2H3. The lowest BCUT2D eigenvalue weighted by molar-refractivity contribution is 0.661. The van der Waals surface area contributed by atoms with E-state index in [0.29, 0.717) is 0 Å². The van der Waals surface area contributed by atoms with E-state index in [1.54, 1.807) is 0 Å². The van der Waals surface area contributed by atoms with Gasteiger partial charge in [-0.15, -0.1) is 6.58 Å². The van der Waals surface area contributed by atoms with Gasteiger partial charge in [0, 0.05) is 6.04 Å². The van der Waals surface area contributed by atoms with Crippen molar-refractivity contribution in [3.8, 4) is 0 Å². The minimum atomic E-state index is 0.151. The van der Waals surface area contributed by atoms with Crippen molar-refractivity contribution in [3.63, 3.8) is 0 Å². The Labute approximate surface area is 80.3 Å². The van der Waals surface area contributed by atoms with Crippen molar-refractivity contribution in [2.75, 3.05) is 0 Å². The first-order chi connectivity index (χ1) is 6.24. The molecule has 1 unspecified atom stereocenters. The van der Waals surface area contributed by atoms with Gasteiger partial charge in [-0.3, -0.25) is 0 Å². The summed E-state index contributed by atoms with van der Waals surface area (Å²) in [4.78, 5) is 0. The number of allylic oxidation sites excluding steroid dienone is 1. The van der Waals surface area contributed by atoms with Crippen LogP contribution in [-0.4, -0.2) is 0 Å². The number of benzene rings is 1. The minimum absolute atomic E-state index is 0.151. The third-order valence-corrected chi connectivity index (χ3v) is 2.15. The molecule has 1 heteroatoms. The first kappa shape index (κ1) is 10.0. The van der Waals surface area contributed by atoms with Crippen LogP contribution in [-0.2, 0) is 0 Å². The summed E-state index contributed by atoms with van der Waals surface area (Å²) in [5, 5.41) is 0. The van der Waals surface area contributed by atoms with Crippen molar-refractivity contribution >= 4 is 0 Å². The van der Waals surface area contributed by atoms with E-state index in [9.17, 15) is 0 Å². The van der Waals surface area contributed by atoms with E-state index in [1.165, 1.54) is 11.1 Å². The maximum Gasteiger partial charge on any atom is 0.0297 e. The molecule has 2 N–H and O–H groups in total. The molecule has 1 aromatic carbocycles. The Bertz CT molecular complexity index is 278. The van der Waals surface area contributed by atoms with E-state index < -0.39 is 0 Å². The van der Waals surface area contributed by atoms with Crippen molar-refractivity contribution in [1.29, 1.82) is 0 Å². The van der Waals surface area contributed by atoms with E-state index in [-0.39, 0.29) is 6.04 Å². The largest absolute Gasteiger partial charge is 0.324 e. The van der Waals surface area contributed by atoms with Crippen molar-refractivity contribution in [2.24, 2.45) is 5.73 Å². The highest BCUT2D eigenvalue weighted by atomic mass is 14.6. The quantitative estimate of drug-likeness (QED) is 0.699. The lowest BCUT2D eigenvalue weighted by Gasteiger charge is -2.10. The van der Waals surface area contributed by atoms with E-state index in [2.05, 4.69) is 37.8 Å². The lowest BCUT2D eigenvalue weighted by Crippen LogP contribution is -2.09. The Balaban J connectivity index is 2.65. The fourth-order valence-electron chi connectivity index (χ4n) is 1.36. The Hall–Kier alpha value is -1.08. The minimum Gasteiger partial charge on any atom is -0.324 e. The summed E-state index contributed by atoms with van der Waals surface area (Å²) in [6.45, 7) is 5.78. The molecule has 0 bridgehead atoms. The van der Waals surface area contributed by atoms with Gasteiger partial charge in [0.05, 0.1) is 0 Å². The summed E-state index contributed by atoms with van der Waals surface area (Å²) in [6.07, 6.45) is 3.87. The maximum atomic E-state index is 6.00. The summed E-state index contributed by atoms with van der Waals surface area (Å²) in [7, 11) is 0. The molecule has 1 nitrogen and oxygen atoms in total. The summed E-state index contributed by atoms with van der Waals surface area (Å²) in [6, 6.07) is 8.52. The molecular weight excluding hydrogens is 158 g/mol. The molecule has 0 aliphatic heterocycles. The zero-order chi connectivity index (χ0) is 9.68. The van der Waals surface area contributed by atoms with Crippen LogP contribution in [0.15, 0.2) is 36.9 Å². The third-order valence-electron chi connectivity index (χ3n) is 2.15. The second kappa shape index (κ2) is 4.83. The van der Waals surface area contributed by atoms with Crippen LogP contribution in [0.4, 0.5) is 0 Å². The van der Waals surface area contributed by atoms with E-state index >= 15 is 0 Å². The normalized spacial score (nSPS) is 12.5. The molecule has 1 aromatic rings. The van der Waals surface area contributed by atoms with Crippen LogP contribution in [0.3, 0.4) is 0 Å². The first-order valence-corrected chi connectivity index (χ1v) is 4.67. The van der Waals surface area contributed by atoms with E-state index in [0.717, 1.165) is 12.8 Å². The van der Waals surface area contributed by atoms with Crippen molar-refractivity contribution in [2.45, 2.75) is 25.8 Å². The van der Waals surface area contributed by atoms with Gasteiger partial charge < -0.3 is 5.73 Å². The molecule has 0 aromatic heterocycles. The van der Waals surface area contributed by atoms with Crippen LogP contribution in [0.1, 0.15) is 30.0 Å². The molecular formula is C12H17N. The van der Waals surface area contributed by atoms with Gasteiger partial charge in [0.25, 0.3) is 0 Å². The Morgan fingerprint density at radius 1 is 1.54 bits per heavy atom. The fraction of sp³-hybridized carbons (Fsp3) is 0.333. The number of rotatable bonds is 4. The Kier molecular flexibility index (Phi) is 3.71. The van der Waals surface area contributed by atoms with Crippen molar-refractivity contribution in [3.05, 3.63) is 48.0 Å². The molecule has 1 atom stereocenters. The van der Waals surface area contributed by atoms with Gasteiger partial charge in [-0.1, -0.05) is 35.9 Å². The molecule has 0 aliphatic carbocycles. The van der Waals surface area contributed by atoms with Crippen LogP contribution in [0.5, 0.6) is 0 Å². The Morgan fingerprint density at radius 3 is 2.92 bits per heavy atom. The topological polar surface area (TPSA) is 26.0 Å². The second-order valence-electron chi connectivity index (χ2n) is 3.39. The van der Waals surface area contributed by atoms with Gasteiger partial charge in [-0.2, -0.15) is 0 Å². The van der Waals surface area contributed by atoms with Gasteiger partial charge in [0.2, 0.25) is 0 Å². The average Bonchev–Trinajstić information content (AvgIpc) is 2.14. The van der Waals surface area contributed by atoms with E-state index in [4.69, 9.17) is 5.73 Å². The number of hydrogen-bond donors (Lipinski definition) is 1. The number of hydrogen-bond acceptors (Lipinski definition) is 1. The monoisotopic (exact) mass is 175 g/mol. The molecule has 0 fully saturated rings. The smallest absolute Gasteiger partial charge is 0.0297 e. The van der Waals surface area contributed by atoms with Crippen molar-refractivity contribution in [1.82, 2.24) is 0 Å². The zero-order valence-corrected chi connectivity index (χ0v) is 8.16. The zero-order valence-electron chi connectivity index (χ0n) is 8.16. The highest BCUT2D eigenvalue weighted by molar-refractivity contribution is 5.24. The van der Waals surface area contributed by atoms with Crippen LogP contribution >= 0.6 is 0 Å². The molecule has 13 heavy (non-hydrogen) atoms. The number of aryl methyl sites for hydroxylation is 1. The van der Waals surface area contributed by atoms with Gasteiger partial charge in [-0.05, 0) is 25.3 Å². The van der Waals surface area contributed by atoms with Crippen LogP contribution < -0.4 is 5.73 Å². The maximum absolute atomic E-state index is 6.00. The van der Waals surface area contributed by atoms with Gasteiger partial charge in [0.1, 0.15) is 0 Å². The lowest BCUT2D eigenvalue weighted by atomic mass is 10.0. The molecule has 0 saturated heterocycles. The second-order valence-corrected chi connectivity index (χ2v) is 3.39. The summed E-state index contributed by atoms with van der Waals surface area (Å²) >= 11 is 0. The van der Waals surface area contributed by atoms with E-state index in [1.807, 2.05) is 6.08 Å². The number of nitrogens with two attached hydrogens (primary N) is 1. The third kappa shape index (κ3) is 3.03. The molecule has 1 rings (SSSR count). The van der Waals surface area contributed by atoms with Crippen LogP contribution in [0, 0.1) is 6.92 Å². The summed E-state index contributed by atoms with van der Waals surface area (Å²) < 4.78 is 0. The SMILES string of the molecule is C=CCCC(N)c1cccc(C)c1. The molecule has 0 radical (unpaired) electrons. The first-order valence-electron chi connectivity index (χ1n) is 4.67. The molecule has 0 spiro atoms. The Morgan fingerprint density at radius 2 is 2.31 bits per heavy atom. The van der Waals surface area contributed by atoms with Gasteiger partial charge in [-0.25, -0.2) is 0 Å². The molecule has 70 valence electrons. The van der Waals surface area contributed by atoms with Crippen LogP contribution in [0.25, 0.3) is 0 Å². The molecule has 0 amide bonds. The summed E-state index contributed by atoms with van der Waals surface area (Å²) in [5.74, 6) is 0. The summed E-state index contributed by atoms with van der Waals surface area (Å²) in [5.41, 5.74) is 8.50. The van der Waals surface area contributed by atoms with Gasteiger partial charge in [0.15, 0.2) is 0 Å². The fourth-order valence-corrected chi connectivity index (χ4v) is 1.36. The molecule has 0 heterocycles. The predicted octanol–water partition coefficient (Wildman–Crippen LogP) is 2.96. The van der Waals surface area contributed by atoms with Crippen LogP contribution in [0.2, 0.25) is 0 Å². The highest BCUT2D eigenvalue weighted by Crippen LogP contribution is 2.16.